The summed E-state index contributed by atoms with van der Waals surface area (Å²) < 4.78 is 1.79. The molecule has 2 heterocycles. The van der Waals surface area contributed by atoms with E-state index < -0.39 is 11.9 Å². The lowest BCUT2D eigenvalue weighted by Gasteiger charge is -2.15. The third kappa shape index (κ3) is 3.65. The number of carboxylic acid groups (broad SMARTS) is 1. The molecule has 1 fully saturated rings. The molecule has 3 rings (SSSR count). The number of aryl methyl sites for hydroxylation is 3. The number of hydrogen-bond donors (Lipinski definition) is 2. The number of nitrogens with zero attached hydrogens (tertiary/aromatic N) is 3. The number of rotatable bonds is 3. The number of amides is 2. The highest BCUT2D eigenvalue weighted by Crippen LogP contribution is 2.20. The smallest absolute Gasteiger partial charge is 0.323 e. The number of likely N-dealkylation sites (tertiary alicyclic amines) is 1. The molecule has 1 atom stereocenters. The Morgan fingerprint density at radius 1 is 1.16 bits per heavy atom. The SMILES string of the molecule is Cc1cc(C)cc(-n2nc(NC(=O)N3CCC(C(=O)O)C3)cc2C)c1. The van der Waals surface area contributed by atoms with Crippen molar-refractivity contribution in [2.45, 2.75) is 27.2 Å². The lowest BCUT2D eigenvalue weighted by atomic mass is 10.1. The molecule has 7 heteroatoms. The molecular formula is C18H22N4O3. The molecule has 0 saturated carbocycles. The monoisotopic (exact) mass is 342 g/mol. The Morgan fingerprint density at radius 3 is 2.44 bits per heavy atom. The van der Waals surface area contributed by atoms with Gasteiger partial charge in [0.2, 0.25) is 0 Å². The Hall–Kier alpha value is -2.83. The third-order valence-electron chi connectivity index (χ3n) is 4.40. The van der Waals surface area contributed by atoms with Gasteiger partial charge in [-0.25, -0.2) is 9.48 Å². The van der Waals surface area contributed by atoms with E-state index in [2.05, 4.69) is 16.5 Å². The van der Waals surface area contributed by atoms with Crippen molar-refractivity contribution in [1.29, 1.82) is 0 Å². The van der Waals surface area contributed by atoms with Crippen molar-refractivity contribution in [2.24, 2.45) is 5.92 Å². The van der Waals surface area contributed by atoms with Crippen molar-refractivity contribution < 1.29 is 14.7 Å². The molecule has 0 bridgehead atoms. The maximum atomic E-state index is 12.3. The van der Waals surface area contributed by atoms with Gasteiger partial charge in [0.25, 0.3) is 0 Å². The van der Waals surface area contributed by atoms with Crippen LogP contribution in [0.4, 0.5) is 10.6 Å². The molecule has 0 radical (unpaired) electrons. The van der Waals surface area contributed by atoms with Gasteiger partial charge in [-0.1, -0.05) is 6.07 Å². The highest BCUT2D eigenvalue weighted by Gasteiger charge is 2.31. The first-order valence-corrected chi connectivity index (χ1v) is 8.27. The highest BCUT2D eigenvalue weighted by molar-refractivity contribution is 5.89. The number of anilines is 1. The van der Waals surface area contributed by atoms with Crippen LogP contribution in [-0.4, -0.2) is 44.9 Å². The van der Waals surface area contributed by atoms with Gasteiger partial charge in [-0.15, -0.1) is 5.10 Å². The fourth-order valence-electron chi connectivity index (χ4n) is 3.20. The second kappa shape index (κ2) is 6.58. The number of nitrogens with one attached hydrogen (secondary N) is 1. The zero-order valence-corrected chi connectivity index (χ0v) is 14.6. The molecule has 1 aliphatic heterocycles. The summed E-state index contributed by atoms with van der Waals surface area (Å²) in [5, 5.41) is 16.3. The van der Waals surface area contributed by atoms with Crippen molar-refractivity contribution in [3.63, 3.8) is 0 Å². The van der Waals surface area contributed by atoms with Gasteiger partial charge in [0, 0.05) is 24.8 Å². The van der Waals surface area contributed by atoms with Gasteiger partial charge in [0.1, 0.15) is 0 Å². The normalized spacial score (nSPS) is 16.9. The molecule has 0 spiro atoms. The molecule has 7 nitrogen and oxygen atoms in total. The van der Waals surface area contributed by atoms with Gasteiger partial charge in [0.05, 0.1) is 11.6 Å². The van der Waals surface area contributed by atoms with E-state index in [1.165, 1.54) is 4.90 Å². The summed E-state index contributed by atoms with van der Waals surface area (Å²) in [6.07, 6.45) is 0.485. The van der Waals surface area contributed by atoms with E-state index in [0.717, 1.165) is 22.5 Å². The predicted molar refractivity (Wildman–Crippen MR) is 94.1 cm³/mol. The number of carboxylic acids is 1. The summed E-state index contributed by atoms with van der Waals surface area (Å²) in [4.78, 5) is 24.9. The Kier molecular flexibility index (Phi) is 4.48. The molecule has 25 heavy (non-hydrogen) atoms. The standard InChI is InChI=1S/C18H22N4O3/c1-11-6-12(2)8-15(7-11)22-13(3)9-16(20-22)19-18(25)21-5-4-14(10-21)17(23)24/h6-9,14H,4-5,10H2,1-3H3,(H,23,24)(H,19,20,25). The summed E-state index contributed by atoms with van der Waals surface area (Å²) >= 11 is 0. The van der Waals surface area contributed by atoms with E-state index in [1.807, 2.05) is 32.9 Å². The summed E-state index contributed by atoms with van der Waals surface area (Å²) in [5.41, 5.74) is 4.15. The minimum atomic E-state index is -0.856. The fraction of sp³-hybridized carbons (Fsp3) is 0.389. The Morgan fingerprint density at radius 2 is 1.84 bits per heavy atom. The van der Waals surface area contributed by atoms with E-state index in [1.54, 1.807) is 10.7 Å². The first kappa shape index (κ1) is 17.0. The van der Waals surface area contributed by atoms with Crippen molar-refractivity contribution in [3.05, 3.63) is 41.1 Å². The fourth-order valence-corrected chi connectivity index (χ4v) is 3.20. The second-order valence-corrected chi connectivity index (χ2v) is 6.63. The van der Waals surface area contributed by atoms with Gasteiger partial charge in [-0.05, 0) is 50.5 Å². The summed E-state index contributed by atoms with van der Waals surface area (Å²) in [7, 11) is 0. The van der Waals surface area contributed by atoms with Gasteiger partial charge >= 0.3 is 12.0 Å². The molecule has 1 aromatic carbocycles. The van der Waals surface area contributed by atoms with Crippen LogP contribution >= 0.6 is 0 Å². The number of benzene rings is 1. The molecule has 2 aromatic rings. The quantitative estimate of drug-likeness (QED) is 0.898. The molecule has 1 unspecified atom stereocenters. The topological polar surface area (TPSA) is 87.5 Å². The van der Waals surface area contributed by atoms with Crippen LogP contribution in [0, 0.1) is 26.7 Å². The Labute approximate surface area is 146 Å². The second-order valence-electron chi connectivity index (χ2n) is 6.63. The van der Waals surface area contributed by atoms with Crippen molar-refractivity contribution in [3.8, 4) is 5.69 Å². The molecule has 2 amide bonds. The van der Waals surface area contributed by atoms with Crippen molar-refractivity contribution in [2.75, 3.05) is 18.4 Å². The molecule has 1 saturated heterocycles. The van der Waals surface area contributed by atoms with E-state index in [-0.39, 0.29) is 12.6 Å². The molecule has 0 aliphatic carbocycles. The number of carbonyl (C=O) groups is 2. The number of carbonyl (C=O) groups excluding carboxylic acids is 1. The molecule has 1 aliphatic rings. The third-order valence-corrected chi connectivity index (χ3v) is 4.40. The van der Waals surface area contributed by atoms with Crippen LogP contribution in [0.1, 0.15) is 23.2 Å². The molecule has 2 N–H and O–H groups in total. The maximum absolute atomic E-state index is 12.3. The van der Waals surface area contributed by atoms with Crippen LogP contribution in [-0.2, 0) is 4.79 Å². The van der Waals surface area contributed by atoms with Crippen LogP contribution in [0.15, 0.2) is 24.3 Å². The predicted octanol–water partition coefficient (Wildman–Crippen LogP) is 2.74. The van der Waals surface area contributed by atoms with Crippen LogP contribution in [0.25, 0.3) is 5.69 Å². The van der Waals surface area contributed by atoms with Crippen molar-refractivity contribution in [1.82, 2.24) is 14.7 Å². The molecular weight excluding hydrogens is 320 g/mol. The van der Waals surface area contributed by atoms with Crippen LogP contribution in [0.5, 0.6) is 0 Å². The average Bonchev–Trinajstić information content (AvgIpc) is 3.13. The first-order valence-electron chi connectivity index (χ1n) is 8.27. The largest absolute Gasteiger partial charge is 0.481 e. The van der Waals surface area contributed by atoms with Crippen LogP contribution < -0.4 is 5.32 Å². The van der Waals surface area contributed by atoms with Gasteiger partial charge in [-0.3, -0.25) is 10.1 Å². The maximum Gasteiger partial charge on any atom is 0.323 e. The molecule has 1 aromatic heterocycles. The van der Waals surface area contributed by atoms with Crippen LogP contribution in [0.2, 0.25) is 0 Å². The van der Waals surface area contributed by atoms with Gasteiger partial charge < -0.3 is 10.0 Å². The first-order chi connectivity index (χ1) is 11.8. The lowest BCUT2D eigenvalue weighted by molar-refractivity contribution is -0.141. The lowest BCUT2D eigenvalue weighted by Crippen LogP contribution is -2.33. The van der Waals surface area contributed by atoms with E-state index >= 15 is 0 Å². The van der Waals surface area contributed by atoms with E-state index in [0.29, 0.717) is 18.8 Å². The summed E-state index contributed by atoms with van der Waals surface area (Å²) in [5.74, 6) is -0.883. The minimum absolute atomic E-state index is 0.234. The number of urea groups is 1. The van der Waals surface area contributed by atoms with E-state index in [4.69, 9.17) is 5.11 Å². The Bertz CT molecular complexity index is 807. The average molecular weight is 342 g/mol. The number of aromatic nitrogens is 2. The van der Waals surface area contributed by atoms with Gasteiger partial charge in [-0.2, -0.15) is 0 Å². The highest BCUT2D eigenvalue weighted by atomic mass is 16.4. The van der Waals surface area contributed by atoms with E-state index in [9.17, 15) is 9.59 Å². The summed E-state index contributed by atoms with van der Waals surface area (Å²) in [6.45, 7) is 6.67. The van der Waals surface area contributed by atoms with Gasteiger partial charge in [0.15, 0.2) is 5.82 Å². The molecule has 132 valence electrons. The number of hydrogen-bond acceptors (Lipinski definition) is 3. The minimum Gasteiger partial charge on any atom is -0.481 e. The van der Waals surface area contributed by atoms with Crippen LogP contribution in [0.3, 0.4) is 0 Å². The Balaban J connectivity index is 1.74. The van der Waals surface area contributed by atoms with Crippen molar-refractivity contribution >= 4 is 17.8 Å². The zero-order chi connectivity index (χ0) is 18.1. The summed E-state index contributed by atoms with van der Waals surface area (Å²) in [6, 6.07) is 7.67. The zero-order valence-electron chi connectivity index (χ0n) is 14.6. The number of aliphatic carboxylic acids is 1.